The Bertz CT molecular complexity index is 283. The molecule has 0 radical (unpaired) electrons. The highest BCUT2D eigenvalue weighted by Crippen LogP contribution is 2.17. The molecule has 1 fully saturated rings. The van der Waals surface area contributed by atoms with Crippen LogP contribution < -0.4 is 16.6 Å². The minimum Gasteiger partial charge on any atom is -0.358 e. The van der Waals surface area contributed by atoms with Crippen molar-refractivity contribution in [3.05, 3.63) is 0 Å². The van der Waals surface area contributed by atoms with E-state index >= 15 is 0 Å². The Morgan fingerprint density at radius 1 is 1.33 bits per heavy atom. The maximum Gasteiger partial charge on any atom is 0.237 e. The Balaban J connectivity index is 2.29. The molecular formula is C12H24N4O2. The van der Waals surface area contributed by atoms with Gasteiger partial charge in [0.1, 0.15) is 0 Å². The van der Waals surface area contributed by atoms with Gasteiger partial charge in [0, 0.05) is 13.5 Å². The number of likely N-dealkylation sites (N-methyl/N-ethyl adjacent to an activating group) is 1. The lowest BCUT2D eigenvalue weighted by Crippen LogP contribution is -2.48. The van der Waals surface area contributed by atoms with Crippen LogP contribution in [-0.4, -0.2) is 42.9 Å². The number of amides is 2. The molecular weight excluding hydrogens is 232 g/mol. The van der Waals surface area contributed by atoms with E-state index in [1.807, 2.05) is 0 Å². The lowest BCUT2D eigenvalue weighted by molar-refractivity contribution is -0.127. The summed E-state index contributed by atoms with van der Waals surface area (Å²) < 4.78 is 0. The van der Waals surface area contributed by atoms with Crippen molar-refractivity contribution in [2.75, 3.05) is 20.1 Å². The van der Waals surface area contributed by atoms with E-state index in [9.17, 15) is 9.59 Å². The second-order valence-electron chi connectivity index (χ2n) is 4.69. The van der Waals surface area contributed by atoms with E-state index in [0.717, 1.165) is 45.2 Å². The van der Waals surface area contributed by atoms with Crippen molar-refractivity contribution in [1.29, 1.82) is 0 Å². The van der Waals surface area contributed by atoms with Crippen LogP contribution >= 0.6 is 0 Å². The SMILES string of the molecule is CNC(=O)C1CCCCN1CCCCC(=O)NN. The summed E-state index contributed by atoms with van der Waals surface area (Å²) in [6, 6.07) is 0.00656. The van der Waals surface area contributed by atoms with Crippen LogP contribution in [-0.2, 0) is 9.59 Å². The monoisotopic (exact) mass is 256 g/mol. The summed E-state index contributed by atoms with van der Waals surface area (Å²) in [5, 5.41) is 2.72. The molecule has 1 atom stereocenters. The molecule has 1 rings (SSSR count). The van der Waals surface area contributed by atoms with E-state index in [1.54, 1.807) is 7.05 Å². The van der Waals surface area contributed by atoms with Crippen LogP contribution in [0.3, 0.4) is 0 Å². The Labute approximate surface area is 108 Å². The molecule has 0 aliphatic carbocycles. The number of nitrogens with one attached hydrogen (secondary N) is 2. The maximum atomic E-state index is 11.7. The number of hydrazine groups is 1. The molecule has 1 unspecified atom stereocenters. The summed E-state index contributed by atoms with van der Waals surface area (Å²) in [6.45, 7) is 1.84. The minimum atomic E-state index is -0.128. The van der Waals surface area contributed by atoms with Gasteiger partial charge in [-0.2, -0.15) is 0 Å². The van der Waals surface area contributed by atoms with E-state index in [4.69, 9.17) is 5.84 Å². The second-order valence-corrected chi connectivity index (χ2v) is 4.69. The molecule has 1 aliphatic rings. The zero-order chi connectivity index (χ0) is 13.4. The van der Waals surface area contributed by atoms with Gasteiger partial charge in [0.05, 0.1) is 6.04 Å². The van der Waals surface area contributed by atoms with Crippen molar-refractivity contribution < 1.29 is 9.59 Å². The van der Waals surface area contributed by atoms with Crippen molar-refractivity contribution in [1.82, 2.24) is 15.6 Å². The molecule has 6 heteroatoms. The number of piperidine rings is 1. The number of unbranched alkanes of at least 4 members (excludes halogenated alkanes) is 1. The maximum absolute atomic E-state index is 11.7. The molecule has 4 N–H and O–H groups in total. The molecule has 0 bridgehead atoms. The van der Waals surface area contributed by atoms with E-state index in [-0.39, 0.29) is 17.9 Å². The molecule has 0 aromatic carbocycles. The van der Waals surface area contributed by atoms with Crippen LogP contribution in [0.2, 0.25) is 0 Å². The largest absolute Gasteiger partial charge is 0.358 e. The average Bonchev–Trinajstić information content (AvgIpc) is 2.42. The number of carbonyl (C=O) groups is 2. The average molecular weight is 256 g/mol. The van der Waals surface area contributed by atoms with Gasteiger partial charge >= 0.3 is 0 Å². The Morgan fingerprint density at radius 2 is 2.11 bits per heavy atom. The highest BCUT2D eigenvalue weighted by Gasteiger charge is 2.27. The number of likely N-dealkylation sites (tertiary alicyclic amines) is 1. The van der Waals surface area contributed by atoms with Crippen molar-refractivity contribution in [2.45, 2.75) is 44.6 Å². The van der Waals surface area contributed by atoms with Gasteiger partial charge in [-0.1, -0.05) is 6.42 Å². The lowest BCUT2D eigenvalue weighted by Gasteiger charge is -2.34. The highest BCUT2D eigenvalue weighted by molar-refractivity contribution is 5.81. The number of nitrogens with zero attached hydrogens (tertiary/aromatic N) is 1. The normalized spacial score (nSPS) is 20.4. The van der Waals surface area contributed by atoms with Crippen molar-refractivity contribution in [3.63, 3.8) is 0 Å². The lowest BCUT2D eigenvalue weighted by atomic mass is 10.0. The molecule has 1 heterocycles. The van der Waals surface area contributed by atoms with Crippen LogP contribution in [0.25, 0.3) is 0 Å². The number of nitrogens with two attached hydrogens (primary N) is 1. The minimum absolute atomic E-state index is 0.00656. The van der Waals surface area contributed by atoms with Gasteiger partial charge in [0.15, 0.2) is 0 Å². The van der Waals surface area contributed by atoms with E-state index in [2.05, 4.69) is 15.6 Å². The number of hydrogen-bond donors (Lipinski definition) is 3. The first-order chi connectivity index (χ1) is 8.69. The topological polar surface area (TPSA) is 87.5 Å². The summed E-state index contributed by atoms with van der Waals surface area (Å²) in [7, 11) is 1.68. The van der Waals surface area contributed by atoms with Gasteiger partial charge in [0.25, 0.3) is 0 Å². The fraction of sp³-hybridized carbons (Fsp3) is 0.833. The molecule has 6 nitrogen and oxygen atoms in total. The summed E-state index contributed by atoms with van der Waals surface area (Å²) in [5.74, 6) is 4.99. The summed E-state index contributed by atoms with van der Waals surface area (Å²) in [5.41, 5.74) is 2.12. The van der Waals surface area contributed by atoms with Gasteiger partial charge < -0.3 is 5.32 Å². The zero-order valence-corrected chi connectivity index (χ0v) is 11.1. The molecule has 0 aromatic heterocycles. The Morgan fingerprint density at radius 3 is 2.78 bits per heavy atom. The first-order valence-electron chi connectivity index (χ1n) is 6.64. The predicted octanol–water partition coefficient (Wildman–Crippen LogP) is -0.253. The van der Waals surface area contributed by atoms with E-state index in [0.29, 0.717) is 6.42 Å². The molecule has 18 heavy (non-hydrogen) atoms. The van der Waals surface area contributed by atoms with E-state index < -0.39 is 0 Å². The van der Waals surface area contributed by atoms with Gasteiger partial charge in [0.2, 0.25) is 11.8 Å². The van der Waals surface area contributed by atoms with Gasteiger partial charge in [-0.3, -0.25) is 19.9 Å². The Hall–Kier alpha value is -1.14. The zero-order valence-electron chi connectivity index (χ0n) is 11.1. The third-order valence-electron chi connectivity index (χ3n) is 3.42. The summed E-state index contributed by atoms with van der Waals surface area (Å²) >= 11 is 0. The van der Waals surface area contributed by atoms with Crippen LogP contribution in [0.4, 0.5) is 0 Å². The second kappa shape index (κ2) is 8.05. The molecule has 104 valence electrons. The van der Waals surface area contributed by atoms with Crippen molar-refractivity contribution in [2.24, 2.45) is 5.84 Å². The Kier molecular flexibility index (Phi) is 6.67. The van der Waals surface area contributed by atoms with Crippen LogP contribution in [0.5, 0.6) is 0 Å². The fourth-order valence-electron chi connectivity index (χ4n) is 2.39. The molecule has 0 saturated carbocycles. The first kappa shape index (κ1) is 14.9. The van der Waals surface area contributed by atoms with Crippen molar-refractivity contribution in [3.8, 4) is 0 Å². The van der Waals surface area contributed by atoms with Crippen LogP contribution in [0.15, 0.2) is 0 Å². The quantitative estimate of drug-likeness (QED) is 0.265. The highest BCUT2D eigenvalue weighted by atomic mass is 16.2. The summed E-state index contributed by atoms with van der Waals surface area (Å²) in [4.78, 5) is 24.9. The summed E-state index contributed by atoms with van der Waals surface area (Å²) in [6.07, 6.45) is 5.37. The van der Waals surface area contributed by atoms with Gasteiger partial charge in [-0.05, 0) is 38.8 Å². The van der Waals surface area contributed by atoms with E-state index in [1.165, 1.54) is 0 Å². The smallest absolute Gasteiger partial charge is 0.237 e. The predicted molar refractivity (Wildman–Crippen MR) is 69.5 cm³/mol. The van der Waals surface area contributed by atoms with Crippen LogP contribution in [0, 0.1) is 0 Å². The van der Waals surface area contributed by atoms with Crippen molar-refractivity contribution >= 4 is 11.8 Å². The number of rotatable bonds is 6. The third kappa shape index (κ3) is 4.62. The first-order valence-corrected chi connectivity index (χ1v) is 6.64. The van der Waals surface area contributed by atoms with Gasteiger partial charge in [-0.15, -0.1) is 0 Å². The number of carbonyl (C=O) groups excluding carboxylic acids is 2. The standard InChI is InChI=1S/C12H24N4O2/c1-14-12(18)10-6-2-4-8-16(10)9-5-3-7-11(17)15-13/h10H,2-9,13H2,1H3,(H,14,18)(H,15,17). The van der Waals surface area contributed by atoms with Crippen LogP contribution in [0.1, 0.15) is 38.5 Å². The molecule has 1 saturated heterocycles. The molecule has 1 aliphatic heterocycles. The molecule has 0 aromatic rings. The molecule has 2 amide bonds. The third-order valence-corrected chi connectivity index (χ3v) is 3.42. The molecule has 0 spiro atoms. The fourth-order valence-corrected chi connectivity index (χ4v) is 2.39. The van der Waals surface area contributed by atoms with Gasteiger partial charge in [-0.25, -0.2) is 5.84 Å². The number of hydrogen-bond acceptors (Lipinski definition) is 4.